The van der Waals surface area contributed by atoms with E-state index in [1.807, 2.05) is 11.8 Å². The molecular weight excluding hydrogens is 717 g/mol. The van der Waals surface area contributed by atoms with Gasteiger partial charge in [0.1, 0.15) is 26.4 Å². The number of hydrogen-bond acceptors (Lipinski definition) is 11. The number of fused-ring (bicyclic) bond motifs is 1. The Morgan fingerprint density at radius 1 is 0.849 bits per heavy atom. The van der Waals surface area contributed by atoms with E-state index >= 15 is 0 Å². The first-order chi connectivity index (χ1) is 25.6. The van der Waals surface area contributed by atoms with Crippen LogP contribution in [0.4, 0.5) is 0 Å². The third-order valence-electron chi connectivity index (χ3n) is 9.77. The topological polar surface area (TPSA) is 175 Å². The molecule has 0 aromatic carbocycles. The molecular formula is C37H62N8O6S2. The number of rotatable bonds is 21. The minimum absolute atomic E-state index is 0.0341. The Balaban J connectivity index is 1.03. The van der Waals surface area contributed by atoms with Crippen LogP contribution in [0.3, 0.4) is 0 Å². The number of carbonyl (C=O) groups excluding carboxylic acids is 4. The largest absolute Gasteiger partial charge is 0.362 e. The van der Waals surface area contributed by atoms with Gasteiger partial charge in [-0.1, -0.05) is 55.6 Å². The van der Waals surface area contributed by atoms with Crippen LogP contribution >= 0.6 is 23.5 Å². The molecule has 4 aliphatic rings. The van der Waals surface area contributed by atoms with E-state index in [2.05, 4.69) is 50.7 Å². The third-order valence-corrected chi connectivity index (χ3v) is 11.6. The van der Waals surface area contributed by atoms with Gasteiger partial charge in [-0.25, -0.2) is 0 Å². The second-order valence-corrected chi connectivity index (χ2v) is 16.8. The highest BCUT2D eigenvalue weighted by molar-refractivity contribution is 8.17. The van der Waals surface area contributed by atoms with E-state index in [4.69, 9.17) is 19.5 Å². The zero-order valence-electron chi connectivity index (χ0n) is 32.0. The van der Waals surface area contributed by atoms with E-state index in [-0.39, 0.29) is 55.6 Å². The van der Waals surface area contributed by atoms with Crippen molar-refractivity contribution in [2.45, 2.75) is 115 Å². The van der Waals surface area contributed by atoms with Crippen LogP contribution in [0, 0.1) is 5.92 Å². The molecule has 4 rings (SSSR count). The number of thioether (sulfide) groups is 2. The highest BCUT2D eigenvalue weighted by atomic mass is 32.2. The number of nitrogens with one attached hydrogen (secondary N) is 5. The molecule has 53 heavy (non-hydrogen) atoms. The van der Waals surface area contributed by atoms with Crippen molar-refractivity contribution in [1.29, 1.82) is 0 Å². The first kappa shape index (κ1) is 42.9. The summed E-state index contributed by atoms with van der Waals surface area (Å²) < 4.78 is 10.4. The molecule has 2 fully saturated rings. The van der Waals surface area contributed by atoms with E-state index in [0.29, 0.717) is 37.6 Å². The third kappa shape index (κ3) is 16.6. The van der Waals surface area contributed by atoms with Crippen molar-refractivity contribution < 1.29 is 28.7 Å². The number of likely N-dealkylation sites (N-methyl/N-ethyl adjacent to an activating group) is 1. The first-order valence-electron chi connectivity index (χ1n) is 19.5. The van der Waals surface area contributed by atoms with Crippen molar-refractivity contribution in [2.24, 2.45) is 15.9 Å². The van der Waals surface area contributed by atoms with Gasteiger partial charge in [0.25, 0.3) is 0 Å². The Labute approximate surface area is 324 Å². The molecule has 5 N–H and O–H groups in total. The van der Waals surface area contributed by atoms with Gasteiger partial charge in [-0.15, -0.1) is 0 Å². The normalized spacial score (nSPS) is 21.3. The zero-order valence-corrected chi connectivity index (χ0v) is 33.6. The van der Waals surface area contributed by atoms with Gasteiger partial charge in [0.15, 0.2) is 10.3 Å². The van der Waals surface area contributed by atoms with E-state index in [9.17, 15) is 19.2 Å². The van der Waals surface area contributed by atoms with Crippen molar-refractivity contribution in [3.05, 3.63) is 11.1 Å². The Morgan fingerprint density at radius 3 is 2.08 bits per heavy atom. The number of carbonyl (C=O) groups is 4. The van der Waals surface area contributed by atoms with Crippen LogP contribution in [0.2, 0.25) is 0 Å². The fourth-order valence-corrected chi connectivity index (χ4v) is 8.92. The Hall–Kier alpha value is -2.82. The molecule has 4 amide bonds. The van der Waals surface area contributed by atoms with E-state index in [0.717, 1.165) is 74.0 Å². The molecule has 14 nitrogen and oxygen atoms in total. The maximum absolute atomic E-state index is 12.4. The van der Waals surface area contributed by atoms with Gasteiger partial charge in [0.2, 0.25) is 23.6 Å². The molecule has 0 saturated heterocycles. The SMILES string of the molecule is CNC(=O)COCC(=O)NCCCCCCNC(=O)COCC(=O)NCC1CCC(N=C(NC2CCCCC2)SCC2=CSC3=NC(C)(C)CN23)CC1. The fourth-order valence-electron chi connectivity index (χ4n) is 6.76. The number of ether oxygens (including phenoxy) is 2. The standard InChI is InChI=1S/C37H62N8O6S2/c1-37(2)26-45-30(25-53-36(45)44-37)24-52-35(42-28-11-7-6-8-12-28)43-29-15-13-27(14-16-29)19-41-34(49)23-51-22-33(48)40-18-10-5-4-9-17-39-32(47)21-50-20-31(46)38-3/h25,27-29H,4-24,26H2,1-3H3,(H,38,46)(H,39,47)(H,40,48)(H,41,49)(H,42,43). The molecule has 0 aromatic heterocycles. The summed E-state index contributed by atoms with van der Waals surface area (Å²) in [6.45, 7) is 6.42. The zero-order chi connectivity index (χ0) is 37.9. The number of aliphatic imine (C=N–C) groups is 2. The van der Waals surface area contributed by atoms with Crippen LogP contribution in [0.25, 0.3) is 0 Å². The average Bonchev–Trinajstić information content (AvgIpc) is 3.66. The van der Waals surface area contributed by atoms with Crippen LogP contribution < -0.4 is 26.6 Å². The summed E-state index contributed by atoms with van der Waals surface area (Å²) in [4.78, 5) is 59.7. The smallest absolute Gasteiger partial charge is 0.246 e. The molecule has 2 saturated carbocycles. The fraction of sp³-hybridized carbons (Fsp3) is 0.784. The Kier molecular flexibility index (Phi) is 18.8. The second-order valence-electron chi connectivity index (χ2n) is 15.0. The summed E-state index contributed by atoms with van der Waals surface area (Å²) in [5, 5.41) is 19.2. The molecule has 0 atom stereocenters. The lowest BCUT2D eigenvalue weighted by Crippen LogP contribution is -2.37. The van der Waals surface area contributed by atoms with Crippen molar-refractivity contribution in [3.8, 4) is 0 Å². The minimum Gasteiger partial charge on any atom is -0.362 e. The summed E-state index contributed by atoms with van der Waals surface area (Å²) in [6, 6.07) is 0.795. The predicted octanol–water partition coefficient (Wildman–Crippen LogP) is 3.28. The lowest BCUT2D eigenvalue weighted by Gasteiger charge is -2.29. The molecule has 0 radical (unpaired) electrons. The summed E-state index contributed by atoms with van der Waals surface area (Å²) in [5.41, 5.74) is 1.29. The maximum Gasteiger partial charge on any atom is 0.246 e. The van der Waals surface area contributed by atoms with Crippen LogP contribution in [-0.4, -0.2) is 122 Å². The van der Waals surface area contributed by atoms with Crippen LogP contribution in [0.1, 0.15) is 97.3 Å². The molecule has 298 valence electrons. The molecule has 2 aliphatic heterocycles. The van der Waals surface area contributed by atoms with Crippen molar-refractivity contribution in [3.63, 3.8) is 0 Å². The highest BCUT2D eigenvalue weighted by Gasteiger charge is 2.36. The van der Waals surface area contributed by atoms with E-state index in [1.165, 1.54) is 44.8 Å². The molecule has 16 heteroatoms. The second kappa shape index (κ2) is 23.2. The van der Waals surface area contributed by atoms with Crippen LogP contribution in [0.5, 0.6) is 0 Å². The first-order valence-corrected chi connectivity index (χ1v) is 21.3. The molecule has 0 bridgehead atoms. The lowest BCUT2D eigenvalue weighted by molar-refractivity contribution is -0.132. The molecule has 0 unspecified atom stereocenters. The van der Waals surface area contributed by atoms with Gasteiger partial charge in [-0.2, -0.15) is 0 Å². The predicted molar refractivity (Wildman–Crippen MR) is 213 cm³/mol. The quantitative estimate of drug-likeness (QED) is 0.0661. The molecule has 0 spiro atoms. The number of nitrogens with zero attached hydrogens (tertiary/aromatic N) is 3. The Morgan fingerprint density at radius 2 is 1.45 bits per heavy atom. The lowest BCUT2D eigenvalue weighted by atomic mass is 9.86. The van der Waals surface area contributed by atoms with Gasteiger partial charge < -0.3 is 41.0 Å². The number of amides is 4. The number of unbranched alkanes of at least 4 members (excludes halogenated alkanes) is 3. The molecule has 2 heterocycles. The summed E-state index contributed by atoms with van der Waals surface area (Å²) in [7, 11) is 1.51. The van der Waals surface area contributed by atoms with Crippen molar-refractivity contribution in [2.75, 3.05) is 65.4 Å². The van der Waals surface area contributed by atoms with Gasteiger partial charge >= 0.3 is 0 Å². The van der Waals surface area contributed by atoms with Gasteiger partial charge in [0.05, 0.1) is 11.6 Å². The van der Waals surface area contributed by atoms with Crippen LogP contribution in [0.15, 0.2) is 21.1 Å². The van der Waals surface area contributed by atoms with Gasteiger partial charge in [-0.3, -0.25) is 29.2 Å². The maximum atomic E-state index is 12.4. The number of amidine groups is 2. The summed E-state index contributed by atoms with van der Waals surface area (Å²) in [6.07, 6.45) is 13.8. The van der Waals surface area contributed by atoms with Gasteiger partial charge in [-0.05, 0) is 76.5 Å². The highest BCUT2D eigenvalue weighted by Crippen LogP contribution is 2.37. The van der Waals surface area contributed by atoms with Gasteiger partial charge in [0, 0.05) is 50.7 Å². The van der Waals surface area contributed by atoms with E-state index in [1.54, 1.807) is 11.8 Å². The average molecular weight is 779 g/mol. The molecule has 0 aromatic rings. The summed E-state index contributed by atoms with van der Waals surface area (Å²) in [5.74, 6) is 0.331. The van der Waals surface area contributed by atoms with E-state index < -0.39 is 0 Å². The summed E-state index contributed by atoms with van der Waals surface area (Å²) >= 11 is 3.56. The Bertz CT molecular complexity index is 1300. The monoisotopic (exact) mass is 778 g/mol. The molecule has 2 aliphatic carbocycles. The number of hydrogen-bond donors (Lipinski definition) is 5. The van der Waals surface area contributed by atoms with Crippen molar-refractivity contribution >= 4 is 57.5 Å². The minimum atomic E-state index is -0.275. The van der Waals surface area contributed by atoms with Crippen LogP contribution in [-0.2, 0) is 28.7 Å². The van der Waals surface area contributed by atoms with Crippen molar-refractivity contribution in [1.82, 2.24) is 31.5 Å².